The molecule has 2 heteroatoms. The molecule has 1 saturated heterocycles. The summed E-state index contributed by atoms with van der Waals surface area (Å²) in [6.45, 7) is 1.01. The Morgan fingerprint density at radius 2 is 2.08 bits per heavy atom. The van der Waals surface area contributed by atoms with Crippen LogP contribution in [0.2, 0.25) is 0 Å². The molecule has 0 spiro atoms. The molecule has 1 atom stereocenters. The van der Waals surface area contributed by atoms with E-state index in [1.54, 1.807) is 0 Å². The number of hydrogen-bond acceptors (Lipinski definition) is 2. The largest absolute Gasteiger partial charge is 0.362 e. The van der Waals surface area contributed by atoms with Gasteiger partial charge in [-0.25, -0.2) is 0 Å². The Balaban J connectivity index is 2.21. The molecule has 0 bridgehead atoms. The quantitative estimate of drug-likeness (QED) is 0.639. The van der Waals surface area contributed by atoms with E-state index in [2.05, 4.69) is 17.0 Å². The molecule has 1 aliphatic rings. The predicted molar refractivity (Wildman–Crippen MR) is 52.9 cm³/mol. The lowest BCUT2D eigenvalue weighted by Crippen LogP contribution is -2.29. The highest BCUT2D eigenvalue weighted by atomic mass is 16.1. The van der Waals surface area contributed by atoms with Crippen molar-refractivity contribution in [3.63, 3.8) is 0 Å². The van der Waals surface area contributed by atoms with E-state index in [4.69, 9.17) is 0 Å². The topological polar surface area (TPSA) is 20.3 Å². The highest BCUT2D eigenvalue weighted by Crippen LogP contribution is 2.23. The van der Waals surface area contributed by atoms with Crippen molar-refractivity contribution >= 4 is 12.0 Å². The number of aldehydes is 1. The van der Waals surface area contributed by atoms with E-state index < -0.39 is 0 Å². The van der Waals surface area contributed by atoms with E-state index in [1.165, 1.54) is 0 Å². The lowest BCUT2D eigenvalue weighted by Gasteiger charge is -2.22. The Kier molecular flexibility index (Phi) is 2.30. The van der Waals surface area contributed by atoms with E-state index in [0.29, 0.717) is 0 Å². The number of hydrogen-bond donors (Lipinski definition) is 0. The van der Waals surface area contributed by atoms with Crippen LogP contribution < -0.4 is 4.90 Å². The van der Waals surface area contributed by atoms with Crippen LogP contribution in [0.3, 0.4) is 0 Å². The smallest absolute Gasteiger partial charge is 0.142 e. The predicted octanol–water partition coefficient (Wildman–Crippen LogP) is 1.85. The van der Waals surface area contributed by atoms with Crippen LogP contribution in [0.15, 0.2) is 30.3 Å². The van der Waals surface area contributed by atoms with Gasteiger partial charge in [0.1, 0.15) is 6.29 Å². The number of carbonyl (C=O) groups is 1. The molecule has 1 aromatic rings. The second-order valence-electron chi connectivity index (χ2n) is 3.37. The molecule has 0 aromatic heterocycles. The third-order valence-electron chi connectivity index (χ3n) is 2.54. The number of nitrogens with zero attached hydrogens (tertiary/aromatic N) is 1. The zero-order valence-electron chi connectivity index (χ0n) is 7.52. The Bertz CT molecular complexity index is 283. The van der Waals surface area contributed by atoms with Gasteiger partial charge in [-0.3, -0.25) is 0 Å². The number of carbonyl (C=O) groups excluding carboxylic acids is 1. The SMILES string of the molecule is O=CC1CCCN1c1ccccc1. The maximum atomic E-state index is 10.7. The standard InChI is InChI=1S/C11H13NO/c13-9-11-7-4-8-12(11)10-5-2-1-3-6-10/h1-3,5-6,9,11H,4,7-8H2. The number of para-hydroxylation sites is 1. The molecule has 1 unspecified atom stereocenters. The zero-order chi connectivity index (χ0) is 9.10. The minimum Gasteiger partial charge on any atom is -0.362 e. The summed E-state index contributed by atoms with van der Waals surface area (Å²) in [5.41, 5.74) is 1.16. The van der Waals surface area contributed by atoms with E-state index in [-0.39, 0.29) is 6.04 Å². The summed E-state index contributed by atoms with van der Waals surface area (Å²) >= 11 is 0. The van der Waals surface area contributed by atoms with Crippen molar-refractivity contribution in [2.24, 2.45) is 0 Å². The van der Waals surface area contributed by atoms with Crippen LogP contribution in [0.1, 0.15) is 12.8 Å². The fraction of sp³-hybridized carbons (Fsp3) is 0.364. The molecule has 2 rings (SSSR count). The second-order valence-corrected chi connectivity index (χ2v) is 3.37. The number of rotatable bonds is 2. The molecule has 13 heavy (non-hydrogen) atoms. The lowest BCUT2D eigenvalue weighted by molar-refractivity contribution is -0.108. The summed E-state index contributed by atoms with van der Waals surface area (Å²) in [4.78, 5) is 12.9. The summed E-state index contributed by atoms with van der Waals surface area (Å²) in [7, 11) is 0. The molecule has 0 aliphatic carbocycles. The highest BCUT2D eigenvalue weighted by Gasteiger charge is 2.23. The Morgan fingerprint density at radius 3 is 2.77 bits per heavy atom. The van der Waals surface area contributed by atoms with Gasteiger partial charge >= 0.3 is 0 Å². The molecule has 1 aromatic carbocycles. The fourth-order valence-electron chi connectivity index (χ4n) is 1.87. The first kappa shape index (κ1) is 8.30. The van der Waals surface area contributed by atoms with Crippen LogP contribution in [0.25, 0.3) is 0 Å². The van der Waals surface area contributed by atoms with E-state index >= 15 is 0 Å². The van der Waals surface area contributed by atoms with Crippen molar-refractivity contribution in [3.05, 3.63) is 30.3 Å². The molecule has 0 N–H and O–H groups in total. The van der Waals surface area contributed by atoms with Crippen LogP contribution in [0, 0.1) is 0 Å². The number of benzene rings is 1. The second kappa shape index (κ2) is 3.60. The van der Waals surface area contributed by atoms with E-state index in [1.807, 2.05) is 18.2 Å². The molecule has 0 saturated carbocycles. The third-order valence-corrected chi connectivity index (χ3v) is 2.54. The lowest BCUT2D eigenvalue weighted by atomic mass is 10.2. The highest BCUT2D eigenvalue weighted by molar-refractivity contribution is 5.67. The van der Waals surface area contributed by atoms with Crippen LogP contribution in [0.5, 0.6) is 0 Å². The summed E-state index contributed by atoms with van der Waals surface area (Å²) < 4.78 is 0. The average Bonchev–Trinajstić information content (AvgIpc) is 2.67. The van der Waals surface area contributed by atoms with Crippen molar-refractivity contribution in [2.45, 2.75) is 18.9 Å². The summed E-state index contributed by atoms with van der Waals surface area (Å²) in [6.07, 6.45) is 3.18. The Hall–Kier alpha value is -1.31. The third kappa shape index (κ3) is 1.57. The van der Waals surface area contributed by atoms with Crippen molar-refractivity contribution in [1.29, 1.82) is 0 Å². The van der Waals surface area contributed by atoms with Crippen molar-refractivity contribution < 1.29 is 4.79 Å². The summed E-state index contributed by atoms with van der Waals surface area (Å²) in [6, 6.07) is 10.2. The maximum Gasteiger partial charge on any atom is 0.142 e. The first-order chi connectivity index (χ1) is 6.42. The normalized spacial score (nSPS) is 21.8. The monoisotopic (exact) mass is 175 g/mol. The van der Waals surface area contributed by atoms with Crippen molar-refractivity contribution in [1.82, 2.24) is 0 Å². The summed E-state index contributed by atoms with van der Waals surface area (Å²) in [5.74, 6) is 0. The maximum absolute atomic E-state index is 10.7. The molecule has 2 nitrogen and oxygen atoms in total. The molecule has 0 radical (unpaired) electrons. The number of anilines is 1. The van der Waals surface area contributed by atoms with Crippen molar-refractivity contribution in [3.8, 4) is 0 Å². The van der Waals surface area contributed by atoms with Crippen LogP contribution in [-0.2, 0) is 4.79 Å². The zero-order valence-corrected chi connectivity index (χ0v) is 7.52. The molecule has 68 valence electrons. The van der Waals surface area contributed by atoms with Gasteiger partial charge in [0, 0.05) is 12.2 Å². The minimum absolute atomic E-state index is 0.0994. The van der Waals surface area contributed by atoms with Gasteiger partial charge in [-0.2, -0.15) is 0 Å². The van der Waals surface area contributed by atoms with Gasteiger partial charge in [0.15, 0.2) is 0 Å². The molecule has 1 heterocycles. The molecular weight excluding hydrogens is 162 g/mol. The van der Waals surface area contributed by atoms with Crippen LogP contribution >= 0.6 is 0 Å². The van der Waals surface area contributed by atoms with Gasteiger partial charge in [-0.15, -0.1) is 0 Å². The molecular formula is C11H13NO. The molecule has 0 amide bonds. The Morgan fingerprint density at radius 1 is 1.31 bits per heavy atom. The minimum atomic E-state index is 0.0994. The van der Waals surface area contributed by atoms with Gasteiger partial charge < -0.3 is 9.69 Å². The van der Waals surface area contributed by atoms with Gasteiger partial charge in [0.2, 0.25) is 0 Å². The van der Waals surface area contributed by atoms with Crippen molar-refractivity contribution in [2.75, 3.05) is 11.4 Å². The van der Waals surface area contributed by atoms with Gasteiger partial charge in [0.05, 0.1) is 6.04 Å². The first-order valence-electron chi connectivity index (χ1n) is 4.69. The van der Waals surface area contributed by atoms with Gasteiger partial charge in [0.25, 0.3) is 0 Å². The molecule has 1 fully saturated rings. The first-order valence-corrected chi connectivity index (χ1v) is 4.69. The Labute approximate surface area is 78.2 Å². The van der Waals surface area contributed by atoms with Gasteiger partial charge in [-0.05, 0) is 25.0 Å². The average molecular weight is 175 g/mol. The van der Waals surface area contributed by atoms with Crippen LogP contribution in [-0.4, -0.2) is 18.9 Å². The molecule has 1 aliphatic heterocycles. The summed E-state index contributed by atoms with van der Waals surface area (Å²) in [5, 5.41) is 0. The fourth-order valence-corrected chi connectivity index (χ4v) is 1.87. The van der Waals surface area contributed by atoms with E-state index in [9.17, 15) is 4.79 Å². The van der Waals surface area contributed by atoms with Crippen LogP contribution in [0.4, 0.5) is 5.69 Å². The van der Waals surface area contributed by atoms with Gasteiger partial charge in [-0.1, -0.05) is 18.2 Å². The van der Waals surface area contributed by atoms with E-state index in [0.717, 1.165) is 31.4 Å².